The fourth-order valence-electron chi connectivity index (χ4n) is 2.14. The summed E-state index contributed by atoms with van der Waals surface area (Å²) in [6.45, 7) is 0.305. The third-order valence-corrected chi connectivity index (χ3v) is 4.18. The van der Waals surface area contributed by atoms with Gasteiger partial charge in [-0.05, 0) is 18.2 Å². The van der Waals surface area contributed by atoms with Crippen LogP contribution in [0.15, 0.2) is 54.2 Å². The van der Waals surface area contributed by atoms with Crippen molar-refractivity contribution in [3.8, 4) is 17.0 Å². The molecule has 3 rings (SSSR count). The zero-order chi connectivity index (χ0) is 16.9. The molecule has 7 heteroatoms. The van der Waals surface area contributed by atoms with Crippen LogP contribution in [0, 0.1) is 0 Å². The van der Waals surface area contributed by atoms with E-state index in [4.69, 9.17) is 0 Å². The molecule has 0 aliphatic carbocycles. The third kappa shape index (κ3) is 3.69. The third-order valence-electron chi connectivity index (χ3n) is 3.42. The minimum atomic E-state index is -0.287. The normalized spacial score (nSPS) is 10.4. The summed E-state index contributed by atoms with van der Waals surface area (Å²) in [4.78, 5) is 22.2. The molecule has 6 nitrogen and oxygen atoms in total. The number of aromatic nitrogens is 2. The molecule has 0 bridgehead atoms. The van der Waals surface area contributed by atoms with Crippen LogP contribution >= 0.6 is 11.3 Å². The molecule has 0 aliphatic heterocycles. The molecule has 1 aromatic carbocycles. The number of para-hydroxylation sites is 1. The molecule has 2 N–H and O–H groups in total. The maximum Gasteiger partial charge on any atom is 0.323 e. The van der Waals surface area contributed by atoms with E-state index in [0.29, 0.717) is 17.2 Å². The first-order valence-corrected chi connectivity index (χ1v) is 8.16. The first-order chi connectivity index (χ1) is 11.6. The van der Waals surface area contributed by atoms with Gasteiger partial charge in [0.2, 0.25) is 0 Å². The molecule has 0 spiro atoms. The number of nitrogens with zero attached hydrogens (tertiary/aromatic N) is 3. The van der Waals surface area contributed by atoms with E-state index in [9.17, 15) is 9.90 Å². The summed E-state index contributed by atoms with van der Waals surface area (Å²) in [7, 11) is 1.66. The Bertz CT molecular complexity index is 835. The molecule has 2 aromatic heterocycles. The lowest BCUT2D eigenvalue weighted by Crippen LogP contribution is -2.30. The van der Waals surface area contributed by atoms with Crippen LogP contribution in [-0.2, 0) is 6.54 Å². The summed E-state index contributed by atoms with van der Waals surface area (Å²) in [6, 6.07) is 10.4. The molecule has 122 valence electrons. The van der Waals surface area contributed by atoms with Crippen molar-refractivity contribution in [3.63, 3.8) is 0 Å². The van der Waals surface area contributed by atoms with Crippen molar-refractivity contribution in [1.82, 2.24) is 14.9 Å². The molecule has 3 aromatic rings. The summed E-state index contributed by atoms with van der Waals surface area (Å²) < 4.78 is 0. The van der Waals surface area contributed by atoms with Crippen molar-refractivity contribution in [3.05, 3.63) is 59.7 Å². The highest BCUT2D eigenvalue weighted by molar-refractivity contribution is 7.14. The Morgan fingerprint density at radius 1 is 1.29 bits per heavy atom. The van der Waals surface area contributed by atoms with Gasteiger partial charge in [0.15, 0.2) is 5.13 Å². The maximum absolute atomic E-state index is 12.3. The number of benzene rings is 1. The summed E-state index contributed by atoms with van der Waals surface area (Å²) in [5.74, 6) is 0.172. The molecule has 0 saturated carbocycles. The molecule has 0 fully saturated rings. The summed E-state index contributed by atoms with van der Waals surface area (Å²) >= 11 is 1.35. The average Bonchev–Trinajstić information content (AvgIpc) is 3.06. The van der Waals surface area contributed by atoms with Crippen LogP contribution in [0.2, 0.25) is 0 Å². The summed E-state index contributed by atoms with van der Waals surface area (Å²) in [5, 5.41) is 14.9. The smallest absolute Gasteiger partial charge is 0.323 e. The molecule has 0 saturated heterocycles. The summed E-state index contributed by atoms with van der Waals surface area (Å²) in [5.41, 5.74) is 2.36. The minimum Gasteiger partial charge on any atom is -0.508 e. The van der Waals surface area contributed by atoms with Gasteiger partial charge in [0.1, 0.15) is 5.75 Å². The standard InChI is InChI=1S/C17H16N4O2S/c1-21(10-13-5-2-3-7-15(13)22)17(23)20-16-19-14(11-24-16)12-6-4-8-18-9-12/h2-9,11,22H,10H2,1H3,(H,19,20,23). The van der Waals surface area contributed by atoms with Gasteiger partial charge in [-0.2, -0.15) is 0 Å². The van der Waals surface area contributed by atoms with Crippen LogP contribution < -0.4 is 5.32 Å². The van der Waals surface area contributed by atoms with Gasteiger partial charge in [-0.3, -0.25) is 10.3 Å². The van der Waals surface area contributed by atoms with Gasteiger partial charge in [0, 0.05) is 35.9 Å². The zero-order valence-corrected chi connectivity index (χ0v) is 13.8. The van der Waals surface area contributed by atoms with Crippen LogP contribution in [0.1, 0.15) is 5.56 Å². The fourth-order valence-corrected chi connectivity index (χ4v) is 2.85. The van der Waals surface area contributed by atoms with Gasteiger partial charge in [-0.1, -0.05) is 18.2 Å². The van der Waals surface area contributed by atoms with Crippen LogP contribution in [-0.4, -0.2) is 33.1 Å². The predicted molar refractivity (Wildman–Crippen MR) is 93.9 cm³/mol. The van der Waals surface area contributed by atoms with Crippen LogP contribution in [0.3, 0.4) is 0 Å². The van der Waals surface area contributed by atoms with E-state index in [0.717, 1.165) is 11.3 Å². The number of nitrogens with one attached hydrogen (secondary N) is 1. The molecular weight excluding hydrogens is 324 g/mol. The predicted octanol–water partition coefficient (Wildman–Crippen LogP) is 3.57. The number of hydrogen-bond acceptors (Lipinski definition) is 5. The van der Waals surface area contributed by atoms with Gasteiger partial charge in [0.05, 0.1) is 12.2 Å². The quantitative estimate of drug-likeness (QED) is 0.761. The maximum atomic E-state index is 12.3. The number of amides is 2. The largest absolute Gasteiger partial charge is 0.508 e. The molecule has 24 heavy (non-hydrogen) atoms. The number of aromatic hydroxyl groups is 1. The first kappa shape index (κ1) is 15.9. The number of anilines is 1. The van der Waals surface area contributed by atoms with E-state index in [1.807, 2.05) is 23.6 Å². The highest BCUT2D eigenvalue weighted by Crippen LogP contribution is 2.24. The highest BCUT2D eigenvalue weighted by atomic mass is 32.1. The number of hydrogen-bond donors (Lipinski definition) is 2. The Morgan fingerprint density at radius 2 is 2.12 bits per heavy atom. The lowest BCUT2D eigenvalue weighted by Gasteiger charge is -2.17. The van der Waals surface area contributed by atoms with Crippen LogP contribution in [0.4, 0.5) is 9.93 Å². The van der Waals surface area contributed by atoms with E-state index in [2.05, 4.69) is 15.3 Å². The van der Waals surface area contributed by atoms with Crippen LogP contribution in [0.25, 0.3) is 11.3 Å². The second-order valence-corrected chi connectivity index (χ2v) is 6.05. The van der Waals surface area contributed by atoms with Crippen molar-refractivity contribution >= 4 is 22.5 Å². The summed E-state index contributed by atoms with van der Waals surface area (Å²) in [6.07, 6.45) is 3.43. The second-order valence-electron chi connectivity index (χ2n) is 5.19. The van der Waals surface area contributed by atoms with Crippen LogP contribution in [0.5, 0.6) is 5.75 Å². The number of rotatable bonds is 4. The number of carbonyl (C=O) groups is 1. The van der Waals surface area contributed by atoms with Gasteiger partial charge in [-0.15, -0.1) is 11.3 Å². The number of pyridine rings is 1. The van der Waals surface area contributed by atoms with Gasteiger partial charge >= 0.3 is 6.03 Å². The number of urea groups is 1. The number of carbonyl (C=O) groups excluding carboxylic acids is 1. The van der Waals surface area contributed by atoms with Crippen molar-refractivity contribution in [1.29, 1.82) is 0 Å². The second kappa shape index (κ2) is 7.10. The van der Waals surface area contributed by atoms with Gasteiger partial charge in [0.25, 0.3) is 0 Å². The van der Waals surface area contributed by atoms with Crippen molar-refractivity contribution in [2.24, 2.45) is 0 Å². The molecular formula is C17H16N4O2S. The number of phenolic OH excluding ortho intramolecular Hbond substituents is 1. The van der Waals surface area contributed by atoms with Gasteiger partial charge < -0.3 is 10.0 Å². The molecule has 2 heterocycles. The lowest BCUT2D eigenvalue weighted by molar-refractivity contribution is 0.220. The van der Waals surface area contributed by atoms with Crippen molar-refractivity contribution < 1.29 is 9.90 Å². The van der Waals surface area contributed by atoms with E-state index in [-0.39, 0.29) is 11.8 Å². The topological polar surface area (TPSA) is 78.4 Å². The fraction of sp³-hybridized carbons (Fsp3) is 0.118. The van der Waals surface area contributed by atoms with E-state index in [1.54, 1.807) is 37.6 Å². The van der Waals surface area contributed by atoms with E-state index in [1.165, 1.54) is 16.2 Å². The van der Waals surface area contributed by atoms with Crippen molar-refractivity contribution in [2.45, 2.75) is 6.54 Å². The zero-order valence-electron chi connectivity index (χ0n) is 13.0. The molecule has 0 aliphatic rings. The Balaban J connectivity index is 1.65. The first-order valence-electron chi connectivity index (χ1n) is 7.28. The molecule has 0 atom stereocenters. The SMILES string of the molecule is CN(Cc1ccccc1O)C(=O)Nc1nc(-c2cccnc2)cs1. The number of thiazole rings is 1. The molecule has 2 amide bonds. The Labute approximate surface area is 143 Å². The Hall–Kier alpha value is -2.93. The average molecular weight is 340 g/mol. The Morgan fingerprint density at radius 3 is 2.88 bits per heavy atom. The monoisotopic (exact) mass is 340 g/mol. The van der Waals surface area contributed by atoms with Crippen molar-refractivity contribution in [2.75, 3.05) is 12.4 Å². The highest BCUT2D eigenvalue weighted by Gasteiger charge is 2.13. The number of phenols is 1. The minimum absolute atomic E-state index is 0.172. The Kier molecular flexibility index (Phi) is 4.72. The van der Waals surface area contributed by atoms with Gasteiger partial charge in [-0.25, -0.2) is 9.78 Å². The lowest BCUT2D eigenvalue weighted by atomic mass is 10.2. The van der Waals surface area contributed by atoms with E-state index < -0.39 is 0 Å². The molecule has 0 radical (unpaired) electrons. The molecule has 0 unspecified atom stereocenters. The van der Waals surface area contributed by atoms with E-state index >= 15 is 0 Å².